The molecule has 3 aliphatic carbocycles. The van der Waals surface area contributed by atoms with Crippen molar-refractivity contribution in [2.24, 2.45) is 11.8 Å². The summed E-state index contributed by atoms with van der Waals surface area (Å²) in [5, 5.41) is 13.7. The fourth-order valence-corrected chi connectivity index (χ4v) is 6.34. The van der Waals surface area contributed by atoms with Crippen LogP contribution in [0.5, 0.6) is 0 Å². The van der Waals surface area contributed by atoms with Crippen LogP contribution in [0.15, 0.2) is 98.1 Å². The van der Waals surface area contributed by atoms with Gasteiger partial charge in [-0.2, -0.15) is 0 Å². The van der Waals surface area contributed by atoms with Gasteiger partial charge >= 0.3 is 17.9 Å². The Morgan fingerprint density at radius 3 is 1.76 bits per heavy atom. The van der Waals surface area contributed by atoms with Crippen molar-refractivity contribution in [3.63, 3.8) is 0 Å². The lowest BCUT2D eigenvalue weighted by atomic mass is 9.48. The minimum atomic E-state index is -1.97. The van der Waals surface area contributed by atoms with Crippen LogP contribution < -0.4 is 5.32 Å². The van der Waals surface area contributed by atoms with Crippen LogP contribution in [-0.4, -0.2) is 28.9 Å². The highest BCUT2D eigenvalue weighted by Crippen LogP contribution is 2.66. The number of amides is 1. The third-order valence-electron chi connectivity index (χ3n) is 8.07. The van der Waals surface area contributed by atoms with Gasteiger partial charge in [-0.25, -0.2) is 9.59 Å². The molecule has 8 heteroatoms. The highest BCUT2D eigenvalue weighted by atomic mass is 16.6. The number of ether oxygens (including phenoxy) is 2. The van der Waals surface area contributed by atoms with Gasteiger partial charge in [0, 0.05) is 40.1 Å². The van der Waals surface area contributed by atoms with Gasteiger partial charge in [-0.3, -0.25) is 9.59 Å². The molecule has 3 aromatic carbocycles. The van der Waals surface area contributed by atoms with E-state index in [1.54, 1.807) is 66.7 Å². The number of hydrogen-bond donors (Lipinski definition) is 2. The maximum atomic E-state index is 14.3. The summed E-state index contributed by atoms with van der Waals surface area (Å²) in [5.41, 5.74) is -1.74. The second kappa shape index (κ2) is 10.1. The van der Waals surface area contributed by atoms with Gasteiger partial charge in [-0.15, -0.1) is 0 Å². The van der Waals surface area contributed by atoms with Gasteiger partial charge < -0.3 is 19.9 Å². The zero-order valence-electron chi connectivity index (χ0n) is 23.5. The van der Waals surface area contributed by atoms with E-state index in [2.05, 4.69) is 18.5 Å². The smallest absolute Gasteiger partial charge is 0.331 e. The average molecular weight is 566 g/mol. The molecule has 42 heavy (non-hydrogen) atoms. The number of benzene rings is 3. The number of hydrogen-bond acceptors (Lipinski definition) is 6. The van der Waals surface area contributed by atoms with Gasteiger partial charge in [0.2, 0.25) is 5.91 Å². The molecule has 0 radical (unpaired) electrons. The second-order valence-electron chi connectivity index (χ2n) is 11.4. The lowest BCUT2D eigenvalue weighted by Gasteiger charge is -2.59. The number of anilines is 1. The van der Waals surface area contributed by atoms with Crippen LogP contribution in [-0.2, 0) is 45.3 Å². The Hall–Kier alpha value is -4.98. The maximum absolute atomic E-state index is 14.3. The summed E-state index contributed by atoms with van der Waals surface area (Å²) >= 11 is 0. The van der Waals surface area contributed by atoms with Crippen molar-refractivity contribution in [3.05, 3.63) is 126 Å². The quantitative estimate of drug-likeness (QED) is 0.298. The molecule has 0 saturated heterocycles. The fourth-order valence-electron chi connectivity index (χ4n) is 6.34. The molecule has 3 aliphatic rings. The topological polar surface area (TPSA) is 119 Å². The van der Waals surface area contributed by atoms with E-state index in [0.717, 1.165) is 17.7 Å². The van der Waals surface area contributed by atoms with Crippen LogP contribution in [0.2, 0.25) is 0 Å². The summed E-state index contributed by atoms with van der Waals surface area (Å²) in [4.78, 5) is 53.9. The first kappa shape index (κ1) is 28.5. The van der Waals surface area contributed by atoms with E-state index in [-0.39, 0.29) is 5.41 Å². The van der Waals surface area contributed by atoms with Gasteiger partial charge in [-0.05, 0) is 23.1 Å². The molecule has 6 rings (SSSR count). The van der Waals surface area contributed by atoms with Gasteiger partial charge in [0.1, 0.15) is 11.8 Å². The average Bonchev–Trinajstić information content (AvgIpc) is 2.97. The van der Waals surface area contributed by atoms with Crippen molar-refractivity contribution in [3.8, 4) is 0 Å². The Morgan fingerprint density at radius 2 is 1.26 bits per heavy atom. The lowest BCUT2D eigenvalue weighted by Crippen LogP contribution is -2.67. The van der Waals surface area contributed by atoms with Crippen molar-refractivity contribution in [2.75, 3.05) is 5.32 Å². The Morgan fingerprint density at radius 1 is 0.762 bits per heavy atom. The molecule has 4 atom stereocenters. The van der Waals surface area contributed by atoms with Crippen molar-refractivity contribution >= 4 is 29.5 Å². The SMILES string of the molecule is C=CC(=O)OC12c3ccccc3C(OC(=O)C=C)(c3ccc(C(C)(C)C)cc31)C(C(=O)Nc1ccccc1)C2C(=O)O. The third-order valence-corrected chi connectivity index (χ3v) is 8.07. The molecule has 1 amide bonds. The molecule has 214 valence electrons. The molecule has 2 N–H and O–H groups in total. The first-order chi connectivity index (χ1) is 19.9. The molecule has 0 saturated carbocycles. The van der Waals surface area contributed by atoms with E-state index < -0.39 is 46.9 Å². The molecule has 4 unspecified atom stereocenters. The van der Waals surface area contributed by atoms with E-state index in [0.29, 0.717) is 27.9 Å². The van der Waals surface area contributed by atoms with Crippen LogP contribution in [0.4, 0.5) is 5.69 Å². The van der Waals surface area contributed by atoms with Crippen LogP contribution >= 0.6 is 0 Å². The van der Waals surface area contributed by atoms with E-state index in [9.17, 15) is 24.3 Å². The standard InChI is InChI=1S/C34H31NO7/c1-6-26(36)41-33-22-15-11-12-16-23(22)34(42-27(37)7-2,25-19-20(32(3,4)5)17-18-24(25)33)29(31(39)40)28(33)30(38)35-21-13-9-8-10-14-21/h6-19,28-29H,1-2H2,3-5H3,(H,35,38)(H,39,40). The summed E-state index contributed by atoms with van der Waals surface area (Å²) in [6, 6.07) is 20.5. The predicted molar refractivity (Wildman–Crippen MR) is 155 cm³/mol. The molecule has 8 nitrogen and oxygen atoms in total. The number of rotatable bonds is 7. The Bertz CT molecular complexity index is 1640. The normalized spacial score (nSPS) is 23.5. The molecular weight excluding hydrogens is 534 g/mol. The molecule has 0 heterocycles. The van der Waals surface area contributed by atoms with Crippen LogP contribution in [0.3, 0.4) is 0 Å². The molecule has 3 aromatic rings. The minimum absolute atomic E-state index is 0.298. The number of carbonyl (C=O) groups excluding carboxylic acids is 3. The maximum Gasteiger partial charge on any atom is 0.331 e. The third kappa shape index (κ3) is 4.13. The first-order valence-corrected chi connectivity index (χ1v) is 13.5. The molecule has 0 aliphatic heterocycles. The molecular formula is C34H31NO7. The van der Waals surface area contributed by atoms with E-state index in [1.807, 2.05) is 26.8 Å². The summed E-state index contributed by atoms with van der Waals surface area (Å²) in [6.45, 7) is 13.1. The summed E-state index contributed by atoms with van der Waals surface area (Å²) in [5.74, 6) is -7.15. The number of carboxylic acid groups (broad SMARTS) is 1. The number of carboxylic acids is 1. The van der Waals surface area contributed by atoms with Gasteiger partial charge in [0.05, 0.1) is 0 Å². The summed E-state index contributed by atoms with van der Waals surface area (Å²) < 4.78 is 12.3. The number of fused-ring (bicyclic) bond motifs is 1. The molecule has 0 fully saturated rings. The van der Waals surface area contributed by atoms with Crippen molar-refractivity contribution in [1.82, 2.24) is 0 Å². The number of aliphatic carboxylic acids is 1. The van der Waals surface area contributed by atoms with Gasteiger partial charge in [0.25, 0.3) is 0 Å². The van der Waals surface area contributed by atoms with E-state index in [1.165, 1.54) is 0 Å². The zero-order chi connectivity index (χ0) is 30.4. The fraction of sp³-hybridized carbons (Fsp3) is 0.235. The lowest BCUT2D eigenvalue weighted by molar-refractivity contribution is -0.199. The highest BCUT2D eigenvalue weighted by molar-refractivity contribution is 6.00. The number of esters is 2. The Balaban J connectivity index is 1.95. The Kier molecular flexibility index (Phi) is 6.89. The summed E-state index contributed by atoms with van der Waals surface area (Å²) in [6.07, 6.45) is 1.92. The Labute approximate surface area is 243 Å². The molecule has 0 aromatic heterocycles. The van der Waals surface area contributed by atoms with Gasteiger partial charge in [-0.1, -0.05) is 94.6 Å². The largest absolute Gasteiger partial charge is 0.481 e. The summed E-state index contributed by atoms with van der Waals surface area (Å²) in [7, 11) is 0. The molecule has 2 bridgehead atoms. The van der Waals surface area contributed by atoms with E-state index in [4.69, 9.17) is 9.47 Å². The van der Waals surface area contributed by atoms with E-state index >= 15 is 0 Å². The minimum Gasteiger partial charge on any atom is -0.481 e. The number of carbonyl (C=O) groups is 4. The number of para-hydroxylation sites is 1. The zero-order valence-corrected chi connectivity index (χ0v) is 23.5. The predicted octanol–water partition coefficient (Wildman–Crippen LogP) is 5.21. The first-order valence-electron chi connectivity index (χ1n) is 13.5. The monoisotopic (exact) mass is 565 g/mol. The van der Waals surface area contributed by atoms with Crippen LogP contribution in [0, 0.1) is 11.8 Å². The van der Waals surface area contributed by atoms with Gasteiger partial charge in [0.15, 0.2) is 11.2 Å². The number of nitrogens with one attached hydrogen (secondary N) is 1. The van der Waals surface area contributed by atoms with Crippen molar-refractivity contribution in [2.45, 2.75) is 37.4 Å². The molecule has 0 spiro atoms. The van der Waals surface area contributed by atoms with Crippen molar-refractivity contribution in [1.29, 1.82) is 0 Å². The second-order valence-corrected chi connectivity index (χ2v) is 11.4. The van der Waals surface area contributed by atoms with Crippen LogP contribution in [0.25, 0.3) is 0 Å². The van der Waals surface area contributed by atoms with Crippen molar-refractivity contribution < 1.29 is 33.8 Å². The highest BCUT2D eigenvalue weighted by Gasteiger charge is 2.73. The van der Waals surface area contributed by atoms with Crippen LogP contribution in [0.1, 0.15) is 48.6 Å².